The molecule has 0 saturated heterocycles. The van der Waals surface area contributed by atoms with Crippen molar-refractivity contribution in [2.45, 2.75) is 39.5 Å². The monoisotopic (exact) mass is 188 g/mol. The third-order valence-corrected chi connectivity index (χ3v) is 3.62. The summed E-state index contributed by atoms with van der Waals surface area (Å²) in [7, 11) is -1.23. The second kappa shape index (κ2) is 4.08. The van der Waals surface area contributed by atoms with Gasteiger partial charge in [-0.2, -0.15) is 0 Å². The van der Waals surface area contributed by atoms with E-state index in [4.69, 9.17) is 5.11 Å². The van der Waals surface area contributed by atoms with Crippen LogP contribution in [-0.2, 0) is 4.79 Å². The van der Waals surface area contributed by atoms with Gasteiger partial charge in [0.15, 0.2) is 0 Å². The maximum Gasteiger partial charge on any atom is 0.306 e. The molecule has 0 aliphatic rings. The smallest absolute Gasteiger partial charge is 0.306 e. The number of hydrogen-bond donors (Lipinski definition) is 1. The summed E-state index contributed by atoms with van der Waals surface area (Å²) < 4.78 is 0. The van der Waals surface area contributed by atoms with Gasteiger partial charge in [0.2, 0.25) is 0 Å². The van der Waals surface area contributed by atoms with Gasteiger partial charge >= 0.3 is 5.97 Å². The van der Waals surface area contributed by atoms with E-state index < -0.39 is 14.0 Å². The zero-order chi connectivity index (χ0) is 9.94. The molecule has 0 aliphatic carbocycles. The fourth-order valence-electron chi connectivity index (χ4n) is 1.27. The molecular formula is C9H20O2Si. The molecule has 0 spiro atoms. The molecule has 0 aromatic rings. The number of hydrogen-bond acceptors (Lipinski definition) is 1. The van der Waals surface area contributed by atoms with Crippen LogP contribution in [0.2, 0.25) is 25.7 Å². The van der Waals surface area contributed by atoms with Crippen LogP contribution in [0, 0.1) is 11.8 Å². The van der Waals surface area contributed by atoms with Crippen molar-refractivity contribution in [1.29, 1.82) is 0 Å². The molecule has 12 heavy (non-hydrogen) atoms. The van der Waals surface area contributed by atoms with Gasteiger partial charge in [-0.25, -0.2) is 0 Å². The summed E-state index contributed by atoms with van der Waals surface area (Å²) >= 11 is 0. The number of aliphatic carboxylic acids is 1. The van der Waals surface area contributed by atoms with Gasteiger partial charge in [0.05, 0.1) is 5.92 Å². The maximum absolute atomic E-state index is 10.8. The molecule has 1 atom stereocenters. The quantitative estimate of drug-likeness (QED) is 0.689. The highest BCUT2D eigenvalue weighted by atomic mass is 28.3. The number of carboxylic acid groups (broad SMARTS) is 1. The molecule has 0 aromatic carbocycles. The van der Waals surface area contributed by atoms with Crippen molar-refractivity contribution in [2.24, 2.45) is 11.8 Å². The van der Waals surface area contributed by atoms with Gasteiger partial charge in [-0.15, -0.1) is 0 Å². The molecule has 0 heterocycles. The molecule has 3 heteroatoms. The largest absolute Gasteiger partial charge is 0.481 e. The topological polar surface area (TPSA) is 37.3 Å². The predicted molar refractivity (Wildman–Crippen MR) is 54.1 cm³/mol. The first-order valence-corrected chi connectivity index (χ1v) is 8.17. The van der Waals surface area contributed by atoms with Crippen LogP contribution >= 0.6 is 0 Å². The Morgan fingerprint density at radius 1 is 1.33 bits per heavy atom. The molecule has 1 unspecified atom stereocenters. The van der Waals surface area contributed by atoms with Crippen LogP contribution in [0.15, 0.2) is 0 Å². The molecule has 0 rings (SSSR count). The summed E-state index contributed by atoms with van der Waals surface area (Å²) in [5, 5.41) is 8.93. The van der Waals surface area contributed by atoms with Gasteiger partial charge in [-0.05, 0) is 12.0 Å². The lowest BCUT2D eigenvalue weighted by Crippen LogP contribution is -2.30. The summed E-state index contributed by atoms with van der Waals surface area (Å²) in [4.78, 5) is 10.8. The lowest BCUT2D eigenvalue weighted by molar-refractivity contribution is -0.142. The Bertz CT molecular complexity index is 158. The molecule has 0 bridgehead atoms. The Hall–Kier alpha value is -0.313. The Labute approximate surface area is 76.0 Å². The van der Waals surface area contributed by atoms with Gasteiger partial charge < -0.3 is 5.11 Å². The first-order valence-electron chi connectivity index (χ1n) is 4.47. The van der Waals surface area contributed by atoms with Crippen LogP contribution < -0.4 is 0 Å². The summed E-state index contributed by atoms with van der Waals surface area (Å²) in [6.07, 6.45) is 0. The minimum Gasteiger partial charge on any atom is -0.481 e. The van der Waals surface area contributed by atoms with Crippen LogP contribution in [0.3, 0.4) is 0 Å². The van der Waals surface area contributed by atoms with Crippen LogP contribution in [0.25, 0.3) is 0 Å². The van der Waals surface area contributed by atoms with E-state index in [9.17, 15) is 4.79 Å². The van der Waals surface area contributed by atoms with Crippen molar-refractivity contribution < 1.29 is 9.90 Å². The first kappa shape index (κ1) is 11.7. The van der Waals surface area contributed by atoms with Gasteiger partial charge in [-0.3, -0.25) is 4.79 Å². The van der Waals surface area contributed by atoms with Crippen molar-refractivity contribution >= 4 is 14.0 Å². The second-order valence-corrected chi connectivity index (χ2v) is 10.5. The number of rotatable bonds is 4. The van der Waals surface area contributed by atoms with E-state index in [-0.39, 0.29) is 11.8 Å². The lowest BCUT2D eigenvalue weighted by Gasteiger charge is -2.23. The Morgan fingerprint density at radius 2 is 1.75 bits per heavy atom. The number of carboxylic acids is 1. The van der Waals surface area contributed by atoms with Crippen molar-refractivity contribution in [3.63, 3.8) is 0 Å². The Morgan fingerprint density at radius 3 is 1.83 bits per heavy atom. The highest BCUT2D eigenvalue weighted by Gasteiger charge is 2.27. The molecule has 0 amide bonds. The minimum absolute atomic E-state index is 0.142. The lowest BCUT2D eigenvalue weighted by atomic mass is 9.98. The van der Waals surface area contributed by atoms with Gasteiger partial charge in [0, 0.05) is 8.07 Å². The van der Waals surface area contributed by atoms with E-state index in [1.54, 1.807) is 0 Å². The van der Waals surface area contributed by atoms with Crippen molar-refractivity contribution in [3.8, 4) is 0 Å². The highest BCUT2D eigenvalue weighted by molar-refractivity contribution is 6.76. The normalized spacial score (nSPS) is 14.8. The summed E-state index contributed by atoms with van der Waals surface area (Å²) in [5.74, 6) is -0.515. The molecule has 2 nitrogen and oxygen atoms in total. The molecule has 0 radical (unpaired) electrons. The van der Waals surface area contributed by atoms with Gasteiger partial charge in [0.25, 0.3) is 0 Å². The van der Waals surface area contributed by atoms with E-state index in [2.05, 4.69) is 19.6 Å². The average molecular weight is 188 g/mol. The van der Waals surface area contributed by atoms with Crippen molar-refractivity contribution in [1.82, 2.24) is 0 Å². The van der Waals surface area contributed by atoms with Crippen LogP contribution in [0.4, 0.5) is 0 Å². The summed E-state index contributed by atoms with van der Waals surface area (Å²) in [6.45, 7) is 10.6. The van der Waals surface area contributed by atoms with Gasteiger partial charge in [-0.1, -0.05) is 33.5 Å². The molecule has 0 aliphatic heterocycles. The van der Waals surface area contributed by atoms with E-state index in [0.29, 0.717) is 0 Å². The molecule has 0 fully saturated rings. The summed E-state index contributed by atoms with van der Waals surface area (Å²) in [6, 6.07) is 0.889. The second-order valence-electron chi connectivity index (χ2n) is 4.95. The molecule has 0 saturated carbocycles. The van der Waals surface area contributed by atoms with E-state index in [1.807, 2.05) is 13.8 Å². The standard InChI is InChI=1S/C9H20O2Si/c1-7(2)8(9(10)11)6-12(3,4)5/h7-8H,6H2,1-5H3,(H,10,11). The molecule has 72 valence electrons. The fraction of sp³-hybridized carbons (Fsp3) is 0.889. The third-order valence-electron chi connectivity index (χ3n) is 1.95. The zero-order valence-electron chi connectivity index (χ0n) is 8.72. The van der Waals surface area contributed by atoms with Crippen LogP contribution in [-0.4, -0.2) is 19.1 Å². The van der Waals surface area contributed by atoms with Crippen molar-refractivity contribution in [2.75, 3.05) is 0 Å². The van der Waals surface area contributed by atoms with Gasteiger partial charge in [0.1, 0.15) is 0 Å². The predicted octanol–water partition coefficient (Wildman–Crippen LogP) is 2.68. The molecule has 0 aromatic heterocycles. The summed E-state index contributed by atoms with van der Waals surface area (Å²) in [5.41, 5.74) is 0. The van der Waals surface area contributed by atoms with Crippen LogP contribution in [0.5, 0.6) is 0 Å². The third kappa shape index (κ3) is 4.54. The van der Waals surface area contributed by atoms with E-state index in [1.165, 1.54) is 0 Å². The first-order chi connectivity index (χ1) is 5.24. The maximum atomic E-state index is 10.8. The van der Waals surface area contributed by atoms with Crippen molar-refractivity contribution in [3.05, 3.63) is 0 Å². The number of carbonyl (C=O) groups is 1. The highest BCUT2D eigenvalue weighted by Crippen LogP contribution is 2.23. The molecular weight excluding hydrogens is 168 g/mol. The minimum atomic E-state index is -1.23. The SMILES string of the molecule is CC(C)C(C[Si](C)(C)C)C(=O)O. The van der Waals surface area contributed by atoms with Crippen LogP contribution in [0.1, 0.15) is 13.8 Å². The van der Waals surface area contributed by atoms with E-state index in [0.717, 1.165) is 6.04 Å². The average Bonchev–Trinajstić information content (AvgIpc) is 1.79. The fourth-order valence-corrected chi connectivity index (χ4v) is 3.23. The Kier molecular flexibility index (Phi) is 3.97. The Balaban J connectivity index is 4.25. The zero-order valence-corrected chi connectivity index (χ0v) is 9.72. The van der Waals surface area contributed by atoms with E-state index >= 15 is 0 Å². The molecule has 1 N–H and O–H groups in total.